The van der Waals surface area contributed by atoms with Crippen LogP contribution in [-0.2, 0) is 6.42 Å². The van der Waals surface area contributed by atoms with Gasteiger partial charge in [-0.25, -0.2) is 4.98 Å². The molecule has 1 aromatic heterocycles. The molecule has 2 aromatic carbocycles. The normalized spacial score (nSPS) is 11.1. The molecule has 0 bridgehead atoms. The molecule has 3 aromatic rings. The van der Waals surface area contributed by atoms with Crippen LogP contribution in [0.25, 0.3) is 10.9 Å². The third-order valence-electron chi connectivity index (χ3n) is 4.20. The molecule has 29 heavy (non-hydrogen) atoms. The van der Waals surface area contributed by atoms with Crippen LogP contribution in [0.2, 0.25) is 0 Å². The Labute approximate surface area is 190 Å². The zero-order valence-corrected chi connectivity index (χ0v) is 19.5. The van der Waals surface area contributed by atoms with E-state index in [9.17, 15) is 4.79 Å². The Hall–Kier alpha value is -2.25. The van der Waals surface area contributed by atoms with Crippen LogP contribution >= 0.6 is 38.5 Å². The van der Waals surface area contributed by atoms with Crippen molar-refractivity contribution in [3.8, 4) is 11.8 Å². The first-order valence-corrected chi connectivity index (χ1v) is 11.0. The van der Waals surface area contributed by atoms with Crippen molar-refractivity contribution >= 4 is 55.6 Å². The SMILES string of the molecule is CCCCc1nc2ccc(Br)cc2c(=O)n1N=Cc1ccc(OCC#N)c(I)c1. The summed E-state index contributed by atoms with van der Waals surface area (Å²) in [4.78, 5) is 17.7. The first kappa shape index (κ1) is 21.5. The number of fused-ring (bicyclic) bond motifs is 1. The monoisotopic (exact) mass is 564 g/mol. The van der Waals surface area contributed by atoms with E-state index < -0.39 is 0 Å². The lowest BCUT2D eigenvalue weighted by Gasteiger charge is -2.09. The van der Waals surface area contributed by atoms with Crippen molar-refractivity contribution in [2.75, 3.05) is 6.61 Å². The highest BCUT2D eigenvalue weighted by atomic mass is 127. The number of benzene rings is 2. The molecule has 0 aliphatic carbocycles. The minimum atomic E-state index is -0.192. The van der Waals surface area contributed by atoms with E-state index in [0.717, 1.165) is 26.4 Å². The lowest BCUT2D eigenvalue weighted by molar-refractivity contribution is 0.365. The minimum absolute atomic E-state index is 0.00205. The molecule has 0 fully saturated rings. The van der Waals surface area contributed by atoms with Crippen LogP contribution in [0.1, 0.15) is 31.2 Å². The van der Waals surface area contributed by atoms with Gasteiger partial charge in [-0.3, -0.25) is 4.79 Å². The molecule has 3 rings (SSSR count). The molecule has 0 spiro atoms. The lowest BCUT2D eigenvalue weighted by Crippen LogP contribution is -2.22. The van der Waals surface area contributed by atoms with Gasteiger partial charge < -0.3 is 4.74 Å². The number of halogens is 2. The fourth-order valence-electron chi connectivity index (χ4n) is 2.76. The summed E-state index contributed by atoms with van der Waals surface area (Å²) in [6.07, 6.45) is 4.24. The Morgan fingerprint density at radius 1 is 1.34 bits per heavy atom. The number of unbranched alkanes of at least 4 members (excludes halogenated alkanes) is 1. The smallest absolute Gasteiger partial charge is 0.282 e. The summed E-state index contributed by atoms with van der Waals surface area (Å²) in [5, 5.41) is 13.6. The fraction of sp³-hybridized carbons (Fsp3) is 0.238. The van der Waals surface area contributed by atoms with Gasteiger partial charge in [0, 0.05) is 10.9 Å². The van der Waals surface area contributed by atoms with E-state index in [4.69, 9.17) is 10.00 Å². The zero-order valence-electron chi connectivity index (χ0n) is 15.7. The highest BCUT2D eigenvalue weighted by Gasteiger charge is 2.11. The van der Waals surface area contributed by atoms with Crippen LogP contribution in [0.15, 0.2) is 50.8 Å². The Bertz CT molecular complexity index is 1170. The predicted molar refractivity (Wildman–Crippen MR) is 126 cm³/mol. The number of nitriles is 1. The molecule has 8 heteroatoms. The molecule has 0 saturated carbocycles. The Morgan fingerprint density at radius 3 is 2.90 bits per heavy atom. The summed E-state index contributed by atoms with van der Waals surface area (Å²) >= 11 is 5.56. The van der Waals surface area contributed by atoms with E-state index >= 15 is 0 Å². The number of nitrogens with zero attached hydrogens (tertiary/aromatic N) is 4. The standard InChI is InChI=1S/C21H18BrIN4O2/c1-2-3-4-20-26-18-7-6-15(22)12-16(18)21(28)27(20)25-13-14-5-8-19(17(23)11-14)29-10-9-24/h5-8,11-13H,2-4,10H2,1H3. The summed E-state index contributed by atoms with van der Waals surface area (Å²) < 4.78 is 8.43. The van der Waals surface area contributed by atoms with E-state index in [1.807, 2.05) is 30.3 Å². The largest absolute Gasteiger partial charge is 0.478 e. The summed E-state index contributed by atoms with van der Waals surface area (Å²) in [6.45, 7) is 2.10. The number of hydrogen-bond acceptors (Lipinski definition) is 5. The number of aryl methyl sites for hydroxylation is 1. The van der Waals surface area contributed by atoms with Crippen molar-refractivity contribution < 1.29 is 4.74 Å². The number of hydrogen-bond donors (Lipinski definition) is 0. The zero-order chi connectivity index (χ0) is 20.8. The average Bonchev–Trinajstić information content (AvgIpc) is 2.71. The van der Waals surface area contributed by atoms with Crippen molar-refractivity contribution in [3.05, 3.63) is 66.2 Å². The molecule has 148 valence electrons. The maximum Gasteiger partial charge on any atom is 0.282 e. The summed E-state index contributed by atoms with van der Waals surface area (Å²) in [6, 6.07) is 12.9. The van der Waals surface area contributed by atoms with E-state index in [1.54, 1.807) is 18.3 Å². The second-order valence-electron chi connectivity index (χ2n) is 6.29. The van der Waals surface area contributed by atoms with Crippen molar-refractivity contribution in [2.24, 2.45) is 5.10 Å². The molecule has 0 N–H and O–H groups in total. The molecule has 0 radical (unpaired) electrons. The Morgan fingerprint density at radius 2 is 2.17 bits per heavy atom. The van der Waals surface area contributed by atoms with Gasteiger partial charge in [-0.1, -0.05) is 29.3 Å². The molecule has 0 atom stereocenters. The van der Waals surface area contributed by atoms with Gasteiger partial charge in [0.05, 0.1) is 20.7 Å². The molecule has 0 aliphatic heterocycles. The van der Waals surface area contributed by atoms with Crippen molar-refractivity contribution in [3.63, 3.8) is 0 Å². The van der Waals surface area contributed by atoms with E-state index in [2.05, 4.69) is 55.5 Å². The van der Waals surface area contributed by atoms with Gasteiger partial charge in [-0.2, -0.15) is 15.0 Å². The van der Waals surface area contributed by atoms with E-state index in [0.29, 0.717) is 28.9 Å². The highest BCUT2D eigenvalue weighted by Crippen LogP contribution is 2.21. The topological polar surface area (TPSA) is 80.3 Å². The van der Waals surface area contributed by atoms with E-state index in [1.165, 1.54) is 4.68 Å². The Balaban J connectivity index is 2.01. The molecule has 0 unspecified atom stereocenters. The Kier molecular flexibility index (Phi) is 7.39. The van der Waals surface area contributed by atoms with Crippen LogP contribution in [0.3, 0.4) is 0 Å². The molecule has 0 aliphatic rings. The van der Waals surface area contributed by atoms with Crippen molar-refractivity contribution in [2.45, 2.75) is 26.2 Å². The number of aromatic nitrogens is 2. The van der Waals surface area contributed by atoms with E-state index in [-0.39, 0.29) is 12.2 Å². The van der Waals surface area contributed by atoms with Crippen LogP contribution in [0.4, 0.5) is 0 Å². The van der Waals surface area contributed by atoms with Crippen LogP contribution in [0.5, 0.6) is 5.75 Å². The predicted octanol–water partition coefficient (Wildman–Crippen LogP) is 4.89. The van der Waals surface area contributed by atoms with Crippen LogP contribution in [0, 0.1) is 14.9 Å². The quantitative estimate of drug-likeness (QED) is 0.302. The molecular weight excluding hydrogens is 547 g/mol. The van der Waals surface area contributed by atoms with Gasteiger partial charge >= 0.3 is 0 Å². The molecule has 6 nitrogen and oxygen atoms in total. The average molecular weight is 565 g/mol. The molecular formula is C21H18BrIN4O2. The van der Waals surface area contributed by atoms with Crippen molar-refractivity contribution in [1.29, 1.82) is 5.26 Å². The van der Waals surface area contributed by atoms with Gasteiger partial charge in [0.2, 0.25) is 0 Å². The third-order valence-corrected chi connectivity index (χ3v) is 5.54. The van der Waals surface area contributed by atoms with Crippen LogP contribution in [-0.4, -0.2) is 22.5 Å². The fourth-order valence-corrected chi connectivity index (χ4v) is 3.82. The van der Waals surface area contributed by atoms with Gasteiger partial charge in [0.1, 0.15) is 17.6 Å². The first-order valence-electron chi connectivity index (χ1n) is 9.08. The second-order valence-corrected chi connectivity index (χ2v) is 8.37. The second kappa shape index (κ2) is 9.98. The number of ether oxygens (including phenoxy) is 1. The minimum Gasteiger partial charge on any atom is -0.478 e. The lowest BCUT2D eigenvalue weighted by atomic mass is 10.2. The maximum absolute atomic E-state index is 13.1. The van der Waals surface area contributed by atoms with Gasteiger partial charge in [0.15, 0.2) is 6.61 Å². The van der Waals surface area contributed by atoms with Gasteiger partial charge in [-0.15, -0.1) is 0 Å². The van der Waals surface area contributed by atoms with Gasteiger partial charge in [0.25, 0.3) is 5.56 Å². The number of rotatable bonds is 7. The summed E-state index contributed by atoms with van der Waals surface area (Å²) in [5.41, 5.74) is 1.30. The third kappa shape index (κ3) is 5.22. The summed E-state index contributed by atoms with van der Waals surface area (Å²) in [5.74, 6) is 1.29. The molecule has 0 amide bonds. The van der Waals surface area contributed by atoms with Crippen LogP contribution < -0.4 is 10.3 Å². The first-order chi connectivity index (χ1) is 14.0. The summed E-state index contributed by atoms with van der Waals surface area (Å²) in [7, 11) is 0. The van der Waals surface area contributed by atoms with Gasteiger partial charge in [-0.05, 0) is 71.0 Å². The molecule has 0 saturated heterocycles. The maximum atomic E-state index is 13.1. The molecule has 1 heterocycles. The highest BCUT2D eigenvalue weighted by molar-refractivity contribution is 14.1. The van der Waals surface area contributed by atoms with Crippen molar-refractivity contribution in [1.82, 2.24) is 9.66 Å².